The molecule has 3 unspecified atom stereocenters. The molecule has 3 atom stereocenters. The summed E-state index contributed by atoms with van der Waals surface area (Å²) in [7, 11) is 3.60. The minimum atomic E-state index is -0.225. The summed E-state index contributed by atoms with van der Waals surface area (Å²) in [5, 5.41) is 0. The zero-order chi connectivity index (χ0) is 17.0. The molecule has 4 nitrogen and oxygen atoms in total. The van der Waals surface area contributed by atoms with Crippen LogP contribution in [-0.2, 0) is 18.9 Å². The summed E-state index contributed by atoms with van der Waals surface area (Å²) in [6, 6.07) is 0. The fraction of sp³-hybridized carbons (Fsp3) is 1.00. The Balaban J connectivity index is 2.19. The molecule has 0 spiro atoms. The number of methoxy groups -OCH3 is 2. The average Bonchev–Trinajstić information content (AvgIpc) is 3.38. The van der Waals surface area contributed by atoms with Crippen LogP contribution in [0.1, 0.15) is 71.6 Å². The summed E-state index contributed by atoms with van der Waals surface area (Å²) in [6.07, 6.45) is 11.4. The Morgan fingerprint density at radius 1 is 1.09 bits per heavy atom. The van der Waals surface area contributed by atoms with E-state index in [0.29, 0.717) is 6.10 Å². The first kappa shape index (κ1) is 20.9. The fourth-order valence-corrected chi connectivity index (χ4v) is 3.08. The van der Waals surface area contributed by atoms with Crippen molar-refractivity contribution in [2.24, 2.45) is 0 Å². The van der Waals surface area contributed by atoms with Crippen molar-refractivity contribution in [3.05, 3.63) is 0 Å². The standard InChI is InChI=1S/C19H38O4/c1-5-6-7-8-9-10-12-18(20-3)19(2,21-4)13-11-14-22-15-17-16-23-17/h17-18H,5-16H2,1-4H3. The Labute approximate surface area is 143 Å². The fourth-order valence-electron chi connectivity index (χ4n) is 3.08. The molecule has 0 aromatic rings. The predicted molar refractivity (Wildman–Crippen MR) is 94.0 cm³/mol. The Kier molecular flexibility index (Phi) is 11.1. The van der Waals surface area contributed by atoms with Crippen molar-refractivity contribution in [1.29, 1.82) is 0 Å². The number of hydrogen-bond acceptors (Lipinski definition) is 4. The lowest BCUT2D eigenvalue weighted by molar-refractivity contribution is -0.116. The van der Waals surface area contributed by atoms with E-state index in [-0.39, 0.29) is 11.7 Å². The molecule has 0 N–H and O–H groups in total. The van der Waals surface area contributed by atoms with Gasteiger partial charge in [-0.1, -0.05) is 45.4 Å². The molecule has 0 radical (unpaired) electrons. The van der Waals surface area contributed by atoms with Crippen LogP contribution in [0.3, 0.4) is 0 Å². The highest BCUT2D eigenvalue weighted by molar-refractivity contribution is 4.85. The number of hydrogen-bond donors (Lipinski definition) is 0. The van der Waals surface area contributed by atoms with Crippen molar-refractivity contribution in [2.75, 3.05) is 34.0 Å². The van der Waals surface area contributed by atoms with Crippen LogP contribution in [0, 0.1) is 0 Å². The monoisotopic (exact) mass is 330 g/mol. The van der Waals surface area contributed by atoms with E-state index >= 15 is 0 Å². The van der Waals surface area contributed by atoms with Gasteiger partial charge >= 0.3 is 0 Å². The summed E-state index contributed by atoms with van der Waals surface area (Å²) in [5.74, 6) is 0. The predicted octanol–water partition coefficient (Wildman–Crippen LogP) is 4.35. The van der Waals surface area contributed by atoms with Crippen molar-refractivity contribution < 1.29 is 18.9 Å². The van der Waals surface area contributed by atoms with Crippen LogP contribution >= 0.6 is 0 Å². The SMILES string of the molecule is CCCCCCCCC(OC)C(C)(CCCOCC1CO1)OC. The molecule has 0 aliphatic carbocycles. The van der Waals surface area contributed by atoms with E-state index in [4.69, 9.17) is 18.9 Å². The van der Waals surface area contributed by atoms with Crippen molar-refractivity contribution in [1.82, 2.24) is 0 Å². The highest BCUT2D eigenvalue weighted by atomic mass is 16.6. The molecule has 1 heterocycles. The summed E-state index contributed by atoms with van der Waals surface area (Å²) in [6.45, 7) is 6.79. The summed E-state index contributed by atoms with van der Waals surface area (Å²) in [5.41, 5.74) is -0.225. The number of unbranched alkanes of at least 4 members (excludes halogenated alkanes) is 5. The van der Waals surface area contributed by atoms with E-state index < -0.39 is 0 Å². The minimum Gasteiger partial charge on any atom is -0.379 e. The maximum absolute atomic E-state index is 5.82. The zero-order valence-corrected chi connectivity index (χ0v) is 15.8. The molecule has 0 saturated carbocycles. The molecular weight excluding hydrogens is 292 g/mol. The molecule has 0 amide bonds. The summed E-state index contributed by atoms with van der Waals surface area (Å²) < 4.78 is 22.3. The van der Waals surface area contributed by atoms with Gasteiger partial charge in [-0.25, -0.2) is 0 Å². The number of epoxide rings is 1. The van der Waals surface area contributed by atoms with Crippen LogP contribution in [-0.4, -0.2) is 51.8 Å². The van der Waals surface area contributed by atoms with Crippen molar-refractivity contribution >= 4 is 0 Å². The topological polar surface area (TPSA) is 40.2 Å². The van der Waals surface area contributed by atoms with Gasteiger partial charge in [0.1, 0.15) is 6.10 Å². The lowest BCUT2D eigenvalue weighted by atomic mass is 9.89. The van der Waals surface area contributed by atoms with Crippen molar-refractivity contribution in [3.63, 3.8) is 0 Å². The molecule has 1 aliphatic rings. The van der Waals surface area contributed by atoms with E-state index in [1.807, 2.05) is 0 Å². The van der Waals surface area contributed by atoms with Crippen LogP contribution in [0.25, 0.3) is 0 Å². The molecule has 23 heavy (non-hydrogen) atoms. The van der Waals surface area contributed by atoms with Crippen LogP contribution in [0.15, 0.2) is 0 Å². The van der Waals surface area contributed by atoms with E-state index in [9.17, 15) is 0 Å². The average molecular weight is 331 g/mol. The summed E-state index contributed by atoms with van der Waals surface area (Å²) >= 11 is 0. The first-order valence-electron chi connectivity index (χ1n) is 9.43. The second-order valence-electron chi connectivity index (χ2n) is 6.93. The molecule has 1 fully saturated rings. The molecular formula is C19H38O4. The van der Waals surface area contributed by atoms with Gasteiger partial charge < -0.3 is 18.9 Å². The maximum Gasteiger partial charge on any atom is 0.104 e. The van der Waals surface area contributed by atoms with E-state index in [1.165, 1.54) is 38.5 Å². The molecule has 1 saturated heterocycles. The number of ether oxygens (including phenoxy) is 4. The second-order valence-corrected chi connectivity index (χ2v) is 6.93. The Hall–Kier alpha value is -0.160. The van der Waals surface area contributed by atoms with Gasteiger partial charge in [0.25, 0.3) is 0 Å². The summed E-state index contributed by atoms with van der Waals surface area (Å²) in [4.78, 5) is 0. The van der Waals surface area contributed by atoms with E-state index in [2.05, 4.69) is 13.8 Å². The van der Waals surface area contributed by atoms with Gasteiger partial charge in [-0.3, -0.25) is 0 Å². The van der Waals surface area contributed by atoms with Crippen LogP contribution < -0.4 is 0 Å². The Morgan fingerprint density at radius 2 is 1.78 bits per heavy atom. The van der Waals surface area contributed by atoms with Crippen molar-refractivity contribution in [3.8, 4) is 0 Å². The molecule has 1 rings (SSSR count). The maximum atomic E-state index is 5.82. The third kappa shape index (κ3) is 9.04. The van der Waals surface area contributed by atoms with Gasteiger partial charge in [0.15, 0.2) is 0 Å². The number of rotatable bonds is 16. The molecule has 0 bridgehead atoms. The normalized spacial score (nSPS) is 21.1. The molecule has 0 aromatic heterocycles. The van der Waals surface area contributed by atoms with E-state index in [0.717, 1.165) is 39.1 Å². The first-order chi connectivity index (χ1) is 11.2. The molecule has 0 aromatic carbocycles. The Bertz CT molecular complexity index is 281. The molecule has 4 heteroatoms. The van der Waals surface area contributed by atoms with Crippen molar-refractivity contribution in [2.45, 2.75) is 89.4 Å². The van der Waals surface area contributed by atoms with Gasteiger partial charge in [-0.2, -0.15) is 0 Å². The van der Waals surface area contributed by atoms with Gasteiger partial charge in [-0.15, -0.1) is 0 Å². The smallest absolute Gasteiger partial charge is 0.104 e. The zero-order valence-electron chi connectivity index (χ0n) is 15.8. The third-order valence-corrected chi connectivity index (χ3v) is 4.92. The van der Waals surface area contributed by atoms with Gasteiger partial charge in [0.05, 0.1) is 24.9 Å². The molecule has 1 aliphatic heterocycles. The first-order valence-corrected chi connectivity index (χ1v) is 9.43. The minimum absolute atomic E-state index is 0.158. The second kappa shape index (κ2) is 12.2. The quantitative estimate of drug-likeness (QED) is 0.311. The largest absolute Gasteiger partial charge is 0.379 e. The highest BCUT2D eigenvalue weighted by Gasteiger charge is 2.33. The lowest BCUT2D eigenvalue weighted by Crippen LogP contribution is -2.42. The highest BCUT2D eigenvalue weighted by Crippen LogP contribution is 2.27. The van der Waals surface area contributed by atoms with Gasteiger partial charge in [0, 0.05) is 20.8 Å². The molecule has 138 valence electrons. The van der Waals surface area contributed by atoms with E-state index in [1.54, 1.807) is 14.2 Å². The van der Waals surface area contributed by atoms with Crippen LogP contribution in [0.2, 0.25) is 0 Å². The third-order valence-electron chi connectivity index (χ3n) is 4.92. The Morgan fingerprint density at radius 3 is 2.39 bits per heavy atom. The van der Waals surface area contributed by atoms with Gasteiger partial charge in [0.2, 0.25) is 0 Å². The van der Waals surface area contributed by atoms with Crippen LogP contribution in [0.4, 0.5) is 0 Å². The lowest BCUT2D eigenvalue weighted by Gasteiger charge is -2.36. The van der Waals surface area contributed by atoms with Gasteiger partial charge in [-0.05, 0) is 26.2 Å². The van der Waals surface area contributed by atoms with Crippen LogP contribution in [0.5, 0.6) is 0 Å².